The van der Waals surface area contributed by atoms with Gasteiger partial charge in [0.15, 0.2) is 0 Å². The van der Waals surface area contributed by atoms with Crippen LogP contribution in [0.3, 0.4) is 0 Å². The fourth-order valence-electron chi connectivity index (χ4n) is 0. The average Bonchev–Trinajstić information content (AvgIpc) is 0.722. The Kier molecular flexibility index (Phi) is 24.2. The Morgan fingerprint density at radius 2 is 0.750 bits per heavy atom. The van der Waals surface area contributed by atoms with Crippen molar-refractivity contribution in [1.82, 2.24) is 0 Å². The zero-order chi connectivity index (χ0) is 4.50. The quantitative estimate of drug-likeness (QED) is 0.402. The van der Waals surface area contributed by atoms with Gasteiger partial charge in [-0.1, -0.05) is 0 Å². The van der Waals surface area contributed by atoms with E-state index in [1.807, 2.05) is 0 Å². The second-order valence-corrected chi connectivity index (χ2v) is 1.50. The fraction of sp³-hybridized carbons (Fsp3) is 0. The molecule has 0 aromatic rings. The van der Waals surface area contributed by atoms with E-state index in [1.54, 1.807) is 0 Å². The predicted molar refractivity (Wildman–Crippen MR) is 17.1 cm³/mol. The normalized spacial score (nSPS) is 7.50. The Morgan fingerprint density at radius 1 is 0.750 bits per heavy atom. The molecule has 0 aromatic heterocycles. The Morgan fingerprint density at radius 3 is 0.750 bits per heavy atom. The van der Waals surface area contributed by atoms with Gasteiger partial charge in [-0.05, 0) is 11.0 Å². The Balaban J connectivity index is -0.0000000267. The summed E-state index contributed by atoms with van der Waals surface area (Å²) >= 11 is 0. The first kappa shape index (κ1) is 22.7. The molecular formula is H4O4Si2Zn2. The standard InChI is InChI=1S/O4Si.H4Si.2Zn/c1-5(2,3)4;;;/h;1H4;;/q-4;;2*+2. The van der Waals surface area contributed by atoms with E-state index in [2.05, 4.69) is 0 Å². The average molecular weight is 255 g/mol. The van der Waals surface area contributed by atoms with Crippen molar-refractivity contribution in [2.45, 2.75) is 0 Å². The molecule has 0 N–H and O–H groups in total. The van der Waals surface area contributed by atoms with E-state index in [9.17, 15) is 0 Å². The maximum Gasteiger partial charge on any atom is 2.00 e. The molecule has 40 valence electrons. The van der Waals surface area contributed by atoms with E-state index in [0.29, 0.717) is 0 Å². The van der Waals surface area contributed by atoms with Gasteiger partial charge in [-0.15, -0.1) is 0 Å². The van der Waals surface area contributed by atoms with Crippen molar-refractivity contribution in [3.05, 3.63) is 0 Å². The third-order valence-electron chi connectivity index (χ3n) is 0. The molecule has 0 amide bonds. The molecule has 0 aliphatic heterocycles. The van der Waals surface area contributed by atoms with Crippen LogP contribution in [0.15, 0.2) is 0 Å². The Labute approximate surface area is 78.0 Å². The molecule has 0 aliphatic rings. The first-order chi connectivity index (χ1) is 2.00. The van der Waals surface area contributed by atoms with Crippen molar-refractivity contribution >= 4 is 20.0 Å². The largest absolute Gasteiger partial charge is 2.00 e. The first-order valence-corrected chi connectivity index (χ1v) is 2.45. The molecule has 0 aliphatic carbocycles. The van der Waals surface area contributed by atoms with E-state index in [1.165, 1.54) is 0 Å². The summed E-state index contributed by atoms with van der Waals surface area (Å²) in [5.74, 6) is 0. The van der Waals surface area contributed by atoms with Crippen molar-refractivity contribution in [1.29, 1.82) is 0 Å². The van der Waals surface area contributed by atoms with Crippen LogP contribution in [0.2, 0.25) is 0 Å². The topological polar surface area (TPSA) is 92.2 Å². The summed E-state index contributed by atoms with van der Waals surface area (Å²) in [5, 5.41) is 0. The summed E-state index contributed by atoms with van der Waals surface area (Å²) in [4.78, 5) is 34.3. The molecule has 0 spiro atoms. The van der Waals surface area contributed by atoms with Gasteiger partial charge in [0, 0.05) is 0 Å². The molecule has 0 saturated carbocycles. The van der Waals surface area contributed by atoms with Crippen LogP contribution in [-0.2, 0) is 39.0 Å². The van der Waals surface area contributed by atoms with Gasteiger partial charge in [0.2, 0.25) is 0 Å². The molecule has 0 aromatic carbocycles. The van der Waals surface area contributed by atoms with Crippen molar-refractivity contribution in [3.8, 4) is 0 Å². The van der Waals surface area contributed by atoms with Crippen LogP contribution in [0, 0.1) is 0 Å². The van der Waals surface area contributed by atoms with Gasteiger partial charge in [-0.25, -0.2) is 0 Å². The van der Waals surface area contributed by atoms with Gasteiger partial charge in [0.1, 0.15) is 0 Å². The molecule has 8 heavy (non-hydrogen) atoms. The Hall–Kier alpha value is 1.52. The molecule has 0 saturated heterocycles. The molecule has 0 fully saturated rings. The van der Waals surface area contributed by atoms with Crippen molar-refractivity contribution in [3.63, 3.8) is 0 Å². The zero-order valence-electron chi connectivity index (χ0n) is 3.55. The smallest absolute Gasteiger partial charge is 0.894 e. The molecule has 8 heteroatoms. The van der Waals surface area contributed by atoms with Crippen LogP contribution >= 0.6 is 0 Å². The molecule has 0 heterocycles. The molecular weight excluding hydrogens is 251 g/mol. The SMILES string of the molecule is [O-][Si]([O-])([O-])[O-].[SiH4].[Zn+2].[Zn+2]. The summed E-state index contributed by atoms with van der Waals surface area (Å²) < 4.78 is 0. The summed E-state index contributed by atoms with van der Waals surface area (Å²) in [6.45, 7) is 0. The first-order valence-electron chi connectivity index (χ1n) is 0.816. The van der Waals surface area contributed by atoms with Gasteiger partial charge >= 0.3 is 39.0 Å². The van der Waals surface area contributed by atoms with Crippen molar-refractivity contribution < 1.29 is 58.1 Å². The van der Waals surface area contributed by atoms with E-state index in [4.69, 9.17) is 19.2 Å². The number of hydrogen-bond acceptors (Lipinski definition) is 4. The van der Waals surface area contributed by atoms with Crippen LogP contribution in [0.5, 0.6) is 0 Å². The van der Waals surface area contributed by atoms with Crippen LogP contribution < -0.4 is 19.2 Å². The van der Waals surface area contributed by atoms with E-state index >= 15 is 0 Å². The third-order valence-corrected chi connectivity index (χ3v) is 0. The Bertz CT molecular complexity index is 27.5. The summed E-state index contributed by atoms with van der Waals surface area (Å²) in [6, 6.07) is 0. The maximum atomic E-state index is 8.58. The minimum absolute atomic E-state index is 0. The van der Waals surface area contributed by atoms with E-state index in [-0.39, 0.29) is 49.9 Å². The summed E-state index contributed by atoms with van der Waals surface area (Å²) in [6.07, 6.45) is 0. The monoisotopic (exact) mass is 252 g/mol. The van der Waals surface area contributed by atoms with E-state index in [0.717, 1.165) is 0 Å². The van der Waals surface area contributed by atoms with Crippen molar-refractivity contribution in [2.75, 3.05) is 0 Å². The molecule has 0 radical (unpaired) electrons. The second kappa shape index (κ2) is 8.52. The van der Waals surface area contributed by atoms with Crippen LogP contribution in [0.4, 0.5) is 0 Å². The molecule has 0 rings (SSSR count). The molecule has 4 nitrogen and oxygen atoms in total. The second-order valence-electron chi connectivity index (χ2n) is 0.500. The molecule has 0 unspecified atom stereocenters. The maximum absolute atomic E-state index is 8.58. The fourth-order valence-corrected chi connectivity index (χ4v) is 0. The van der Waals surface area contributed by atoms with Crippen LogP contribution in [0.25, 0.3) is 0 Å². The van der Waals surface area contributed by atoms with Gasteiger partial charge < -0.3 is 28.2 Å². The van der Waals surface area contributed by atoms with Crippen LogP contribution in [-0.4, -0.2) is 20.0 Å². The van der Waals surface area contributed by atoms with Crippen molar-refractivity contribution in [2.24, 2.45) is 0 Å². The summed E-state index contributed by atoms with van der Waals surface area (Å²) in [5.41, 5.74) is 0. The van der Waals surface area contributed by atoms with Gasteiger partial charge in [0.25, 0.3) is 0 Å². The summed E-state index contributed by atoms with van der Waals surface area (Å²) in [7, 11) is -5.61. The van der Waals surface area contributed by atoms with Gasteiger partial charge in [-0.3, -0.25) is 0 Å². The third kappa shape index (κ3) is 138. The number of hydrogen-bond donors (Lipinski definition) is 0. The minimum atomic E-state index is -5.61. The van der Waals surface area contributed by atoms with Gasteiger partial charge in [0.05, 0.1) is 0 Å². The number of rotatable bonds is 0. The van der Waals surface area contributed by atoms with Crippen LogP contribution in [0.1, 0.15) is 0 Å². The van der Waals surface area contributed by atoms with Gasteiger partial charge in [-0.2, -0.15) is 0 Å². The predicted octanol–water partition coefficient (Wildman–Crippen LogP) is -6.59. The zero-order valence-corrected chi connectivity index (χ0v) is 10.5. The van der Waals surface area contributed by atoms with E-state index < -0.39 is 9.05 Å². The molecule has 0 atom stereocenters. The minimum Gasteiger partial charge on any atom is -0.894 e. The molecule has 0 bridgehead atoms.